The van der Waals surface area contributed by atoms with Crippen molar-refractivity contribution >= 4 is 35.0 Å². The van der Waals surface area contributed by atoms with E-state index in [9.17, 15) is 14.4 Å². The van der Waals surface area contributed by atoms with Gasteiger partial charge in [-0.25, -0.2) is 0 Å². The van der Waals surface area contributed by atoms with Gasteiger partial charge >= 0.3 is 0 Å². The topological polar surface area (TPSA) is 92.1 Å². The number of nitrogens with zero attached hydrogens (tertiary/aromatic N) is 3. The number of fused-ring (bicyclic) bond motifs is 1. The van der Waals surface area contributed by atoms with E-state index in [-0.39, 0.29) is 30.0 Å². The summed E-state index contributed by atoms with van der Waals surface area (Å²) in [4.78, 5) is 41.3. The quantitative estimate of drug-likeness (QED) is 0.612. The molecule has 10 heteroatoms. The lowest BCUT2D eigenvalue weighted by atomic mass is 9.85. The fraction of sp³-hybridized carbons (Fsp3) is 0.500. The molecule has 1 unspecified atom stereocenters. The van der Waals surface area contributed by atoms with Crippen molar-refractivity contribution in [3.8, 4) is 0 Å². The highest BCUT2D eigenvalue weighted by Crippen LogP contribution is 2.42. The number of hydrogen-bond donors (Lipinski definition) is 1. The number of benzene rings is 1. The lowest BCUT2D eigenvalue weighted by Gasteiger charge is -2.37. The van der Waals surface area contributed by atoms with E-state index in [4.69, 9.17) is 33.0 Å². The van der Waals surface area contributed by atoms with E-state index >= 15 is 0 Å². The number of aromatic nitrogens is 1. The van der Waals surface area contributed by atoms with Gasteiger partial charge in [0, 0.05) is 49.1 Å². The average molecular weight is 536 g/mol. The lowest BCUT2D eigenvalue weighted by Crippen LogP contribution is -2.42. The molecule has 1 atom stereocenters. The first-order valence-corrected chi connectivity index (χ1v) is 12.8. The van der Waals surface area contributed by atoms with Gasteiger partial charge in [0.25, 0.3) is 11.5 Å². The van der Waals surface area contributed by atoms with Gasteiger partial charge in [0.1, 0.15) is 13.3 Å². The Morgan fingerprint density at radius 3 is 2.44 bits per heavy atom. The van der Waals surface area contributed by atoms with Gasteiger partial charge in [-0.1, -0.05) is 23.2 Å². The molecule has 0 saturated carbocycles. The SMILES string of the molecule is COC(c1cc(Cl)c2c(c1Cl)C(=O)N(Cn1c(C)cc(C)cc1=O)CC2)C1CCN(C(=O)CO)CC1. The molecular formula is C26H31Cl2N3O5. The van der Waals surface area contributed by atoms with Crippen molar-refractivity contribution in [1.29, 1.82) is 0 Å². The third-order valence-corrected chi connectivity index (χ3v) is 8.03. The van der Waals surface area contributed by atoms with Gasteiger partial charge in [-0.15, -0.1) is 0 Å². The highest BCUT2D eigenvalue weighted by Gasteiger charge is 2.35. The van der Waals surface area contributed by atoms with Gasteiger partial charge in [0.2, 0.25) is 5.91 Å². The molecule has 3 heterocycles. The maximum absolute atomic E-state index is 13.6. The number of aliphatic hydroxyl groups excluding tert-OH is 1. The van der Waals surface area contributed by atoms with Crippen molar-refractivity contribution in [2.75, 3.05) is 33.4 Å². The molecular weight excluding hydrogens is 505 g/mol. The number of aliphatic hydroxyl groups is 1. The van der Waals surface area contributed by atoms with Crippen LogP contribution < -0.4 is 5.56 Å². The third kappa shape index (κ3) is 5.05. The van der Waals surface area contributed by atoms with Crippen LogP contribution in [0.1, 0.15) is 51.7 Å². The minimum Gasteiger partial charge on any atom is -0.387 e. The molecule has 2 aliphatic heterocycles. The number of likely N-dealkylation sites (tertiary alicyclic amines) is 1. The van der Waals surface area contributed by atoms with Crippen molar-refractivity contribution in [2.45, 2.75) is 45.9 Å². The monoisotopic (exact) mass is 535 g/mol. The third-order valence-electron chi connectivity index (χ3n) is 7.29. The van der Waals surface area contributed by atoms with Crippen LogP contribution in [0.2, 0.25) is 10.0 Å². The zero-order valence-corrected chi connectivity index (χ0v) is 22.2. The summed E-state index contributed by atoms with van der Waals surface area (Å²) in [7, 11) is 1.60. The zero-order valence-electron chi connectivity index (χ0n) is 20.7. The van der Waals surface area contributed by atoms with E-state index < -0.39 is 12.7 Å². The molecule has 8 nitrogen and oxygen atoms in total. The van der Waals surface area contributed by atoms with E-state index in [1.807, 2.05) is 19.9 Å². The van der Waals surface area contributed by atoms with Crippen molar-refractivity contribution < 1.29 is 19.4 Å². The Kier molecular flexibility index (Phi) is 8.09. The first-order chi connectivity index (χ1) is 17.2. The molecule has 2 aromatic rings. The van der Waals surface area contributed by atoms with Crippen molar-refractivity contribution in [3.63, 3.8) is 0 Å². The Bertz CT molecular complexity index is 1240. The zero-order chi connectivity index (χ0) is 26.1. The molecule has 0 radical (unpaired) electrons. The Labute approximate surface area is 220 Å². The van der Waals surface area contributed by atoms with Gasteiger partial charge in [-0.05, 0) is 62.3 Å². The number of amides is 2. The second kappa shape index (κ2) is 10.9. The summed E-state index contributed by atoms with van der Waals surface area (Å²) in [6.45, 7) is 4.79. The summed E-state index contributed by atoms with van der Waals surface area (Å²) in [5, 5.41) is 9.93. The van der Waals surface area contributed by atoms with Gasteiger partial charge in [0.05, 0.1) is 16.7 Å². The largest absolute Gasteiger partial charge is 0.387 e. The molecule has 2 aliphatic rings. The number of ether oxygens (including phenoxy) is 1. The van der Waals surface area contributed by atoms with Crippen LogP contribution in [0.3, 0.4) is 0 Å². The number of carbonyl (C=O) groups excluding carboxylic acids is 2. The number of pyridine rings is 1. The van der Waals surface area contributed by atoms with Crippen molar-refractivity contribution in [2.24, 2.45) is 5.92 Å². The summed E-state index contributed by atoms with van der Waals surface area (Å²) in [6, 6.07) is 5.26. The summed E-state index contributed by atoms with van der Waals surface area (Å²) >= 11 is 13.6. The standard InChI is InChI=1S/C26H31Cl2N3O5/c1-15-10-16(2)31(21(33)11-15)14-30-9-6-18-20(27)12-19(24(28)23(18)26(30)35)25(36-3)17-4-7-29(8-5-17)22(34)13-32/h10-12,17,25,32H,4-9,13-14H2,1-3H3. The molecule has 1 saturated heterocycles. The Balaban J connectivity index is 1.63. The number of carbonyl (C=O) groups is 2. The molecule has 0 bridgehead atoms. The summed E-state index contributed by atoms with van der Waals surface area (Å²) in [5.41, 5.74) is 3.21. The van der Waals surface area contributed by atoms with E-state index in [1.54, 1.807) is 33.6 Å². The van der Waals surface area contributed by atoms with E-state index in [1.165, 1.54) is 0 Å². The molecule has 36 heavy (non-hydrogen) atoms. The highest BCUT2D eigenvalue weighted by atomic mass is 35.5. The van der Waals surface area contributed by atoms with Crippen LogP contribution in [0.4, 0.5) is 0 Å². The molecule has 4 rings (SSSR count). The van der Waals surface area contributed by atoms with Crippen LogP contribution in [0.5, 0.6) is 0 Å². The number of piperidine rings is 1. The van der Waals surface area contributed by atoms with Gasteiger partial charge in [-0.3, -0.25) is 19.0 Å². The summed E-state index contributed by atoms with van der Waals surface area (Å²) in [6.07, 6.45) is 1.46. The highest BCUT2D eigenvalue weighted by molar-refractivity contribution is 6.37. The van der Waals surface area contributed by atoms with E-state index in [2.05, 4.69) is 0 Å². The molecule has 0 spiro atoms. The van der Waals surface area contributed by atoms with Gasteiger partial charge in [0.15, 0.2) is 0 Å². The van der Waals surface area contributed by atoms with E-state index in [0.717, 1.165) is 11.3 Å². The average Bonchev–Trinajstić information content (AvgIpc) is 2.85. The molecule has 1 aromatic heterocycles. The van der Waals surface area contributed by atoms with Crippen LogP contribution in [0.15, 0.2) is 23.0 Å². The predicted octanol–water partition coefficient (Wildman–Crippen LogP) is 3.35. The van der Waals surface area contributed by atoms with Crippen molar-refractivity contribution in [1.82, 2.24) is 14.4 Å². The number of methoxy groups -OCH3 is 1. The predicted molar refractivity (Wildman–Crippen MR) is 138 cm³/mol. The lowest BCUT2D eigenvalue weighted by molar-refractivity contribution is -0.136. The molecule has 1 aromatic carbocycles. The Morgan fingerprint density at radius 2 is 1.83 bits per heavy atom. The van der Waals surface area contributed by atoms with Gasteiger partial charge in [-0.2, -0.15) is 0 Å². The van der Waals surface area contributed by atoms with Crippen LogP contribution in [0.25, 0.3) is 0 Å². The minimum absolute atomic E-state index is 0.0629. The second-order valence-electron chi connectivity index (χ2n) is 9.55. The first-order valence-electron chi connectivity index (χ1n) is 12.1. The van der Waals surface area contributed by atoms with Crippen LogP contribution in [-0.2, 0) is 22.6 Å². The Hall–Kier alpha value is -2.39. The normalized spacial score (nSPS) is 17.3. The molecule has 1 N–H and O–H groups in total. The first kappa shape index (κ1) is 26.7. The molecule has 0 aliphatic carbocycles. The minimum atomic E-state index is -0.503. The van der Waals surface area contributed by atoms with Crippen LogP contribution in [-0.4, -0.2) is 64.6 Å². The molecule has 2 amide bonds. The van der Waals surface area contributed by atoms with Crippen LogP contribution >= 0.6 is 23.2 Å². The molecule has 194 valence electrons. The Morgan fingerprint density at radius 1 is 1.14 bits per heavy atom. The van der Waals surface area contributed by atoms with Crippen LogP contribution in [0, 0.1) is 19.8 Å². The summed E-state index contributed by atoms with van der Waals surface area (Å²) in [5.74, 6) is -0.492. The van der Waals surface area contributed by atoms with Gasteiger partial charge < -0.3 is 19.6 Å². The number of hydrogen-bond acceptors (Lipinski definition) is 5. The number of rotatable bonds is 6. The smallest absolute Gasteiger partial charge is 0.257 e. The molecule has 1 fully saturated rings. The van der Waals surface area contributed by atoms with Crippen molar-refractivity contribution in [3.05, 3.63) is 66.5 Å². The number of halogens is 2. The maximum Gasteiger partial charge on any atom is 0.257 e. The van der Waals surface area contributed by atoms with E-state index in [0.29, 0.717) is 65.6 Å². The fourth-order valence-corrected chi connectivity index (χ4v) is 6.03. The fourth-order valence-electron chi connectivity index (χ4n) is 5.37. The second-order valence-corrected chi connectivity index (χ2v) is 10.3. The summed E-state index contributed by atoms with van der Waals surface area (Å²) < 4.78 is 7.44. The number of aryl methyl sites for hydroxylation is 2. The maximum atomic E-state index is 13.6.